The van der Waals surface area contributed by atoms with E-state index in [-0.39, 0.29) is 18.4 Å². The van der Waals surface area contributed by atoms with Crippen LogP contribution in [-0.4, -0.2) is 23.6 Å². The molecule has 0 bridgehead atoms. The molecule has 1 aromatic heterocycles. The Morgan fingerprint density at radius 1 is 1.30 bits per heavy atom. The van der Waals surface area contributed by atoms with Crippen LogP contribution in [0, 0.1) is 6.92 Å². The van der Waals surface area contributed by atoms with Gasteiger partial charge in [-0.2, -0.15) is 0 Å². The number of thioether (sulfide) groups is 1. The number of anilines is 1. The van der Waals surface area contributed by atoms with Crippen molar-refractivity contribution in [3.63, 3.8) is 0 Å². The van der Waals surface area contributed by atoms with Crippen LogP contribution in [0.1, 0.15) is 18.4 Å². The summed E-state index contributed by atoms with van der Waals surface area (Å²) in [5.41, 5.74) is 0.828. The molecule has 2 heterocycles. The molecule has 1 aliphatic rings. The first-order chi connectivity index (χ1) is 10.9. The largest absolute Gasteiger partial charge is 0.465 e. The quantitative estimate of drug-likeness (QED) is 0.879. The highest BCUT2D eigenvalue weighted by molar-refractivity contribution is 8.02. The number of aryl methyl sites for hydroxylation is 1. The van der Waals surface area contributed by atoms with E-state index >= 15 is 0 Å². The molecule has 0 saturated heterocycles. The summed E-state index contributed by atoms with van der Waals surface area (Å²) in [7, 11) is 1.70. The second-order valence-electron chi connectivity index (χ2n) is 5.66. The molecule has 1 N–H and O–H groups in total. The van der Waals surface area contributed by atoms with Gasteiger partial charge in [-0.3, -0.25) is 9.59 Å². The topological polar surface area (TPSA) is 62.6 Å². The Hall–Kier alpha value is -2.21. The smallest absolute Gasteiger partial charge is 0.252 e. The van der Waals surface area contributed by atoms with Crippen LogP contribution in [0.5, 0.6) is 0 Å². The van der Waals surface area contributed by atoms with Crippen molar-refractivity contribution in [3.05, 3.63) is 47.9 Å². The van der Waals surface area contributed by atoms with Gasteiger partial charge in [0.2, 0.25) is 5.91 Å². The number of furan rings is 1. The molecule has 5 nitrogen and oxygen atoms in total. The summed E-state index contributed by atoms with van der Waals surface area (Å²) in [6, 6.07) is 11.2. The van der Waals surface area contributed by atoms with Gasteiger partial charge < -0.3 is 14.6 Å². The van der Waals surface area contributed by atoms with Crippen molar-refractivity contribution in [1.82, 2.24) is 5.32 Å². The maximum atomic E-state index is 12.7. The van der Waals surface area contributed by atoms with Gasteiger partial charge in [-0.05, 0) is 38.1 Å². The molecule has 23 heavy (non-hydrogen) atoms. The molecule has 1 aliphatic heterocycles. The van der Waals surface area contributed by atoms with Crippen molar-refractivity contribution >= 4 is 29.3 Å². The predicted octanol–water partition coefficient (Wildman–Crippen LogP) is 2.73. The minimum Gasteiger partial charge on any atom is -0.465 e. The van der Waals surface area contributed by atoms with Crippen LogP contribution in [0.25, 0.3) is 0 Å². The molecule has 0 aliphatic carbocycles. The zero-order valence-electron chi connectivity index (χ0n) is 13.3. The lowest BCUT2D eigenvalue weighted by atomic mass is 10.1. The summed E-state index contributed by atoms with van der Waals surface area (Å²) < 4.78 is 4.25. The van der Waals surface area contributed by atoms with Crippen LogP contribution in [-0.2, 0) is 16.1 Å². The van der Waals surface area contributed by atoms with Crippen LogP contribution in [0.4, 0.5) is 5.69 Å². The van der Waals surface area contributed by atoms with Crippen molar-refractivity contribution in [3.8, 4) is 0 Å². The Morgan fingerprint density at radius 3 is 2.74 bits per heavy atom. The second kappa shape index (κ2) is 5.77. The normalized spacial score (nSPS) is 20.3. The van der Waals surface area contributed by atoms with Gasteiger partial charge in [0.15, 0.2) is 4.75 Å². The predicted molar refractivity (Wildman–Crippen MR) is 89.4 cm³/mol. The highest BCUT2D eigenvalue weighted by Crippen LogP contribution is 2.44. The fourth-order valence-electron chi connectivity index (χ4n) is 2.57. The molecule has 0 unspecified atom stereocenters. The first-order valence-corrected chi connectivity index (χ1v) is 8.13. The van der Waals surface area contributed by atoms with E-state index < -0.39 is 4.75 Å². The number of fused-ring (bicyclic) bond motifs is 1. The second-order valence-corrected chi connectivity index (χ2v) is 7.12. The highest BCUT2D eigenvalue weighted by atomic mass is 32.2. The molecule has 6 heteroatoms. The lowest BCUT2D eigenvalue weighted by Gasteiger charge is -2.36. The summed E-state index contributed by atoms with van der Waals surface area (Å²) in [5.74, 6) is 0.913. The standard InChI is InChI=1S/C17H18N2O3S/c1-11-8-9-12(22-11)10-18-15(20)17(2)16(21)19(3)13-6-4-5-7-14(13)23-17/h4-9H,10H2,1-3H3,(H,18,20)/t17-/m1/s1. The average Bonchev–Trinajstić information content (AvgIpc) is 2.96. The number of hydrogen-bond acceptors (Lipinski definition) is 4. The van der Waals surface area contributed by atoms with Gasteiger partial charge in [0, 0.05) is 11.9 Å². The Bertz CT molecular complexity index is 771. The van der Waals surface area contributed by atoms with Crippen LogP contribution < -0.4 is 10.2 Å². The van der Waals surface area contributed by atoms with Crippen molar-refractivity contribution in [2.24, 2.45) is 0 Å². The molecule has 0 radical (unpaired) electrons. The molecule has 2 amide bonds. The minimum absolute atomic E-state index is 0.227. The van der Waals surface area contributed by atoms with Gasteiger partial charge >= 0.3 is 0 Å². The van der Waals surface area contributed by atoms with Gasteiger partial charge in [-0.25, -0.2) is 0 Å². The minimum atomic E-state index is -1.19. The maximum absolute atomic E-state index is 12.7. The van der Waals surface area contributed by atoms with E-state index in [1.54, 1.807) is 18.9 Å². The first kappa shape index (κ1) is 15.7. The molecule has 1 atom stereocenters. The Balaban J connectivity index is 1.80. The highest BCUT2D eigenvalue weighted by Gasteiger charge is 2.48. The third-order valence-corrected chi connectivity index (χ3v) is 5.24. The van der Waals surface area contributed by atoms with Crippen molar-refractivity contribution in [2.75, 3.05) is 11.9 Å². The molecule has 120 valence electrons. The van der Waals surface area contributed by atoms with E-state index in [4.69, 9.17) is 4.42 Å². The van der Waals surface area contributed by atoms with E-state index in [2.05, 4.69) is 5.32 Å². The van der Waals surface area contributed by atoms with Crippen LogP contribution in [0.15, 0.2) is 45.7 Å². The van der Waals surface area contributed by atoms with E-state index in [0.717, 1.165) is 16.3 Å². The van der Waals surface area contributed by atoms with Crippen LogP contribution in [0.2, 0.25) is 0 Å². The summed E-state index contributed by atoms with van der Waals surface area (Å²) in [6.45, 7) is 3.77. The summed E-state index contributed by atoms with van der Waals surface area (Å²) in [5, 5.41) is 2.80. The lowest BCUT2D eigenvalue weighted by molar-refractivity contribution is -0.131. The molecule has 1 aromatic carbocycles. The fourth-order valence-corrected chi connectivity index (χ4v) is 3.86. The number of para-hydroxylation sites is 1. The van der Waals surface area contributed by atoms with E-state index in [1.165, 1.54) is 11.8 Å². The molecule has 0 saturated carbocycles. The lowest BCUT2D eigenvalue weighted by Crippen LogP contribution is -2.55. The fraction of sp³-hybridized carbons (Fsp3) is 0.294. The van der Waals surface area contributed by atoms with Gasteiger partial charge in [0.25, 0.3) is 5.91 Å². The number of carbonyl (C=O) groups excluding carboxylic acids is 2. The van der Waals surface area contributed by atoms with Gasteiger partial charge in [-0.15, -0.1) is 0 Å². The van der Waals surface area contributed by atoms with Crippen molar-refractivity contribution in [1.29, 1.82) is 0 Å². The van der Waals surface area contributed by atoms with Crippen LogP contribution >= 0.6 is 11.8 Å². The summed E-state index contributed by atoms with van der Waals surface area (Å²) in [6.07, 6.45) is 0. The molecular formula is C17H18N2O3S. The average molecular weight is 330 g/mol. The number of benzene rings is 1. The molecule has 2 aromatic rings. The maximum Gasteiger partial charge on any atom is 0.252 e. The van der Waals surface area contributed by atoms with Crippen molar-refractivity contribution in [2.45, 2.75) is 30.0 Å². The molecule has 0 spiro atoms. The number of carbonyl (C=O) groups is 2. The van der Waals surface area contributed by atoms with E-state index in [1.807, 2.05) is 43.3 Å². The monoisotopic (exact) mass is 330 g/mol. The van der Waals surface area contributed by atoms with Gasteiger partial charge in [0.1, 0.15) is 11.5 Å². The van der Waals surface area contributed by atoms with Gasteiger partial charge in [-0.1, -0.05) is 23.9 Å². The Morgan fingerprint density at radius 2 is 2.04 bits per heavy atom. The Kier molecular flexibility index (Phi) is 3.93. The molecular weight excluding hydrogens is 312 g/mol. The first-order valence-electron chi connectivity index (χ1n) is 7.31. The summed E-state index contributed by atoms with van der Waals surface area (Å²) >= 11 is 1.29. The number of rotatable bonds is 3. The number of hydrogen-bond donors (Lipinski definition) is 1. The van der Waals surface area contributed by atoms with Gasteiger partial charge in [0.05, 0.1) is 12.2 Å². The zero-order chi connectivity index (χ0) is 16.6. The molecule has 3 rings (SSSR count). The van der Waals surface area contributed by atoms with Crippen molar-refractivity contribution < 1.29 is 14.0 Å². The number of nitrogens with one attached hydrogen (secondary N) is 1. The van der Waals surface area contributed by atoms with E-state index in [0.29, 0.717) is 5.76 Å². The number of amides is 2. The van der Waals surface area contributed by atoms with E-state index in [9.17, 15) is 9.59 Å². The third kappa shape index (κ3) is 2.74. The number of nitrogens with zero attached hydrogens (tertiary/aromatic N) is 1. The molecule has 0 fully saturated rings. The summed E-state index contributed by atoms with van der Waals surface area (Å²) in [4.78, 5) is 27.8. The zero-order valence-corrected chi connectivity index (χ0v) is 14.1. The Labute approximate surface area is 139 Å². The third-order valence-electron chi connectivity index (χ3n) is 3.91. The van der Waals surface area contributed by atoms with Crippen LogP contribution in [0.3, 0.4) is 0 Å². The SMILES string of the molecule is Cc1ccc(CNC(=O)[C@@]2(C)Sc3ccccc3N(C)C2=O)o1.